The number of hydrogen-bond donors (Lipinski definition) is 1. The minimum atomic E-state index is 0.225. The maximum Gasteiger partial charge on any atom is 0.223 e. The fourth-order valence-corrected chi connectivity index (χ4v) is 0.846. The highest BCUT2D eigenvalue weighted by atomic mass is 16.2. The van der Waals surface area contributed by atoms with Gasteiger partial charge in [-0.2, -0.15) is 0 Å². The Kier molecular flexibility index (Phi) is 2.69. The van der Waals surface area contributed by atoms with Crippen LogP contribution in [-0.4, -0.2) is 12.5 Å². The van der Waals surface area contributed by atoms with E-state index in [9.17, 15) is 4.79 Å². The van der Waals surface area contributed by atoms with Crippen LogP contribution in [0.15, 0.2) is 11.6 Å². The minimum absolute atomic E-state index is 0.225. The van der Waals surface area contributed by atoms with E-state index in [4.69, 9.17) is 0 Å². The van der Waals surface area contributed by atoms with E-state index < -0.39 is 0 Å². The molecule has 0 atom stereocenters. The summed E-state index contributed by atoms with van der Waals surface area (Å²) in [6, 6.07) is 0. The van der Waals surface area contributed by atoms with Gasteiger partial charge in [-0.05, 0) is 26.7 Å². The summed E-state index contributed by atoms with van der Waals surface area (Å²) in [6.45, 7) is 4.75. The summed E-state index contributed by atoms with van der Waals surface area (Å²) < 4.78 is 0. The van der Waals surface area contributed by atoms with Crippen molar-refractivity contribution >= 4 is 5.91 Å². The molecule has 0 spiro atoms. The van der Waals surface area contributed by atoms with Crippen LogP contribution < -0.4 is 5.32 Å². The lowest BCUT2D eigenvalue weighted by Crippen LogP contribution is -2.24. The number of amides is 1. The zero-order valence-corrected chi connectivity index (χ0v) is 7.18. The van der Waals surface area contributed by atoms with Gasteiger partial charge < -0.3 is 5.32 Å². The molecule has 0 aromatic rings. The molecular formula is C9H15NO. The average molecular weight is 153 g/mol. The third-order valence-electron chi connectivity index (χ3n) is 1.73. The van der Waals surface area contributed by atoms with Gasteiger partial charge in [0.2, 0.25) is 5.91 Å². The highest BCUT2D eigenvalue weighted by molar-refractivity contribution is 5.80. The van der Waals surface area contributed by atoms with E-state index in [-0.39, 0.29) is 5.91 Å². The number of hydrogen-bond acceptors (Lipinski definition) is 1. The summed E-state index contributed by atoms with van der Waals surface area (Å²) in [5.41, 5.74) is 1.25. The van der Waals surface area contributed by atoms with Crippen LogP contribution >= 0.6 is 0 Å². The van der Waals surface area contributed by atoms with Gasteiger partial charge in [-0.15, -0.1) is 0 Å². The molecule has 1 aliphatic carbocycles. The molecule has 0 aliphatic heterocycles. The summed E-state index contributed by atoms with van der Waals surface area (Å²) in [5, 5.41) is 2.86. The molecule has 0 aromatic carbocycles. The first kappa shape index (κ1) is 8.31. The van der Waals surface area contributed by atoms with Crippen LogP contribution in [0.5, 0.6) is 0 Å². The van der Waals surface area contributed by atoms with E-state index in [2.05, 4.69) is 5.32 Å². The van der Waals surface area contributed by atoms with Gasteiger partial charge in [-0.3, -0.25) is 4.79 Å². The van der Waals surface area contributed by atoms with Crippen LogP contribution in [-0.2, 0) is 4.79 Å². The van der Waals surface area contributed by atoms with Gasteiger partial charge in [0.05, 0.1) is 0 Å². The molecule has 0 radical (unpaired) electrons. The van der Waals surface area contributed by atoms with Crippen molar-refractivity contribution in [2.75, 3.05) is 6.54 Å². The molecule has 1 aliphatic rings. The molecule has 11 heavy (non-hydrogen) atoms. The Morgan fingerprint density at radius 1 is 1.55 bits per heavy atom. The van der Waals surface area contributed by atoms with Crippen molar-refractivity contribution in [3.05, 3.63) is 11.6 Å². The molecule has 1 saturated carbocycles. The zero-order valence-electron chi connectivity index (χ0n) is 7.18. The number of allylic oxidation sites excluding steroid dienone is 1. The molecule has 0 heterocycles. The Morgan fingerprint density at radius 3 is 2.64 bits per heavy atom. The summed E-state index contributed by atoms with van der Waals surface area (Å²) in [7, 11) is 0. The lowest BCUT2D eigenvalue weighted by atomic mass is 10.3. The number of nitrogens with one attached hydrogen (secondary N) is 1. The average Bonchev–Trinajstić information content (AvgIpc) is 2.66. The van der Waals surface area contributed by atoms with Gasteiger partial charge in [0.15, 0.2) is 0 Å². The van der Waals surface area contributed by atoms with Crippen LogP contribution in [0.25, 0.3) is 0 Å². The maximum absolute atomic E-state index is 11.0. The van der Waals surface area contributed by atoms with Gasteiger partial charge in [0.1, 0.15) is 0 Å². The maximum atomic E-state index is 11.0. The Morgan fingerprint density at radius 2 is 2.18 bits per heavy atom. The number of carbonyl (C=O) groups is 1. The van der Waals surface area contributed by atoms with E-state index in [0.29, 0.717) is 12.5 Å². The lowest BCUT2D eigenvalue weighted by Gasteiger charge is -1.98. The largest absolute Gasteiger partial charge is 0.352 e. The van der Waals surface area contributed by atoms with E-state index >= 15 is 0 Å². The topological polar surface area (TPSA) is 29.1 Å². The van der Waals surface area contributed by atoms with Crippen LogP contribution in [0.1, 0.15) is 26.7 Å². The standard InChI is InChI=1S/C9H15NO/c1-7(2)5-6-10-9(11)8-3-4-8/h5,8H,3-4,6H2,1-2H3,(H,10,11). The van der Waals surface area contributed by atoms with Crippen molar-refractivity contribution in [2.24, 2.45) is 5.92 Å². The fraction of sp³-hybridized carbons (Fsp3) is 0.667. The van der Waals surface area contributed by atoms with Crippen molar-refractivity contribution in [3.63, 3.8) is 0 Å². The molecule has 1 N–H and O–H groups in total. The van der Waals surface area contributed by atoms with Gasteiger partial charge in [-0.1, -0.05) is 11.6 Å². The normalized spacial score (nSPS) is 15.8. The quantitative estimate of drug-likeness (QED) is 0.611. The van der Waals surface area contributed by atoms with Crippen LogP contribution in [0.3, 0.4) is 0 Å². The van der Waals surface area contributed by atoms with Crippen molar-refractivity contribution in [3.8, 4) is 0 Å². The highest BCUT2D eigenvalue weighted by Gasteiger charge is 2.28. The molecular weight excluding hydrogens is 138 g/mol. The molecule has 2 heteroatoms. The van der Waals surface area contributed by atoms with Gasteiger partial charge in [-0.25, -0.2) is 0 Å². The molecule has 0 unspecified atom stereocenters. The Balaban J connectivity index is 2.11. The highest BCUT2D eigenvalue weighted by Crippen LogP contribution is 2.28. The van der Waals surface area contributed by atoms with Crippen molar-refractivity contribution < 1.29 is 4.79 Å². The van der Waals surface area contributed by atoms with Gasteiger partial charge in [0.25, 0.3) is 0 Å². The summed E-state index contributed by atoms with van der Waals surface area (Å²) >= 11 is 0. The summed E-state index contributed by atoms with van der Waals surface area (Å²) in [6.07, 6.45) is 4.20. The molecule has 0 saturated heterocycles. The first-order valence-electron chi connectivity index (χ1n) is 4.11. The first-order chi connectivity index (χ1) is 5.20. The van der Waals surface area contributed by atoms with Gasteiger partial charge >= 0.3 is 0 Å². The lowest BCUT2D eigenvalue weighted by molar-refractivity contribution is -0.122. The second-order valence-electron chi connectivity index (χ2n) is 3.30. The van der Waals surface area contributed by atoms with E-state index in [1.54, 1.807) is 0 Å². The van der Waals surface area contributed by atoms with Crippen molar-refractivity contribution in [2.45, 2.75) is 26.7 Å². The minimum Gasteiger partial charge on any atom is -0.352 e. The molecule has 1 amide bonds. The fourth-order valence-electron chi connectivity index (χ4n) is 0.846. The Labute approximate surface area is 67.7 Å². The molecule has 62 valence electrons. The second kappa shape index (κ2) is 3.56. The molecule has 2 nitrogen and oxygen atoms in total. The van der Waals surface area contributed by atoms with Crippen LogP contribution in [0.4, 0.5) is 0 Å². The molecule has 1 rings (SSSR count). The van der Waals surface area contributed by atoms with Crippen molar-refractivity contribution in [1.29, 1.82) is 0 Å². The van der Waals surface area contributed by atoms with E-state index in [0.717, 1.165) is 12.8 Å². The summed E-state index contributed by atoms with van der Waals surface area (Å²) in [5.74, 6) is 0.558. The SMILES string of the molecule is CC(C)=CCNC(=O)C1CC1. The first-order valence-corrected chi connectivity index (χ1v) is 4.11. The molecule has 0 bridgehead atoms. The van der Waals surface area contributed by atoms with Crippen LogP contribution in [0, 0.1) is 5.92 Å². The predicted octanol–water partition coefficient (Wildman–Crippen LogP) is 1.48. The number of rotatable bonds is 3. The summed E-state index contributed by atoms with van der Waals surface area (Å²) in [4.78, 5) is 11.0. The van der Waals surface area contributed by atoms with Crippen molar-refractivity contribution in [1.82, 2.24) is 5.32 Å². The second-order valence-corrected chi connectivity index (χ2v) is 3.30. The smallest absolute Gasteiger partial charge is 0.223 e. The predicted molar refractivity (Wildman–Crippen MR) is 45.2 cm³/mol. The third kappa shape index (κ3) is 3.21. The number of carbonyl (C=O) groups excluding carboxylic acids is 1. The molecule has 0 aromatic heterocycles. The van der Waals surface area contributed by atoms with E-state index in [1.807, 2.05) is 19.9 Å². The molecule has 1 fully saturated rings. The Bertz CT molecular complexity index is 176. The van der Waals surface area contributed by atoms with Crippen LogP contribution in [0.2, 0.25) is 0 Å². The Hall–Kier alpha value is -0.790. The van der Waals surface area contributed by atoms with Gasteiger partial charge in [0, 0.05) is 12.5 Å². The van der Waals surface area contributed by atoms with E-state index in [1.165, 1.54) is 5.57 Å². The zero-order chi connectivity index (χ0) is 8.27. The third-order valence-corrected chi connectivity index (χ3v) is 1.73. The monoisotopic (exact) mass is 153 g/mol.